The maximum absolute atomic E-state index is 3.92. The van der Waals surface area contributed by atoms with Gasteiger partial charge in [0.1, 0.15) is 0 Å². The molecule has 0 fully saturated rings. The van der Waals surface area contributed by atoms with Crippen LogP contribution in [0.1, 0.15) is 25.7 Å². The molecule has 2 nitrogen and oxygen atoms in total. The Hall–Kier alpha value is -0.281. The molecule has 33 heavy (non-hydrogen) atoms. The molecule has 0 atom stereocenters. The van der Waals surface area contributed by atoms with Crippen molar-refractivity contribution in [3.63, 3.8) is 0 Å². The normalized spacial score (nSPS) is 20.8. The van der Waals surface area contributed by atoms with E-state index in [1.54, 1.807) is 14.3 Å². The zero-order valence-electron chi connectivity index (χ0n) is 18.4. The minimum atomic E-state index is -3.60. The summed E-state index contributed by atoms with van der Waals surface area (Å²) in [5.74, 6) is 0. The molecule has 0 N–H and O–H groups in total. The van der Waals surface area contributed by atoms with Crippen molar-refractivity contribution >= 4 is 101 Å². The molecule has 4 aliphatic rings. The van der Waals surface area contributed by atoms with Crippen molar-refractivity contribution in [1.29, 1.82) is 0 Å². The standard InChI is InChI=1S/2C13H11Br2N.Sn/c2*1-16(12-6-2-10(14)3-7-12)13-8-4-11(15)5-9-13;/h2*2-4,6H,5,8H2,1H3;. The van der Waals surface area contributed by atoms with Gasteiger partial charge in [0.2, 0.25) is 0 Å². The van der Waals surface area contributed by atoms with E-state index in [-0.39, 0.29) is 0 Å². The molecule has 0 radical (unpaired) electrons. The quantitative estimate of drug-likeness (QED) is 0.257. The molecule has 1 spiro atoms. The van der Waals surface area contributed by atoms with Gasteiger partial charge in [-0.05, 0) is 0 Å². The molecule has 2 aromatic carbocycles. The summed E-state index contributed by atoms with van der Waals surface area (Å²) in [5, 5.41) is 0. The van der Waals surface area contributed by atoms with Crippen LogP contribution in [-0.2, 0) is 0 Å². The predicted molar refractivity (Wildman–Crippen MR) is 157 cm³/mol. The third-order valence-corrected chi connectivity index (χ3v) is 24.5. The molecule has 0 saturated carbocycles. The zero-order chi connectivity index (χ0) is 23.1. The minimum absolute atomic E-state index is 0.986. The first kappa shape index (κ1) is 23.1. The van der Waals surface area contributed by atoms with Gasteiger partial charge in [0.25, 0.3) is 0 Å². The topological polar surface area (TPSA) is 6.48 Å². The third kappa shape index (κ3) is 3.33. The molecule has 168 valence electrons. The van der Waals surface area contributed by atoms with E-state index in [0.29, 0.717) is 0 Å². The number of hydrogen-bond acceptors (Lipinski definition) is 2. The van der Waals surface area contributed by atoms with Gasteiger partial charge in [0.05, 0.1) is 0 Å². The number of fused-ring (bicyclic) bond motifs is 6. The van der Waals surface area contributed by atoms with Crippen molar-refractivity contribution in [1.82, 2.24) is 0 Å². The van der Waals surface area contributed by atoms with Gasteiger partial charge in [-0.25, -0.2) is 0 Å². The summed E-state index contributed by atoms with van der Waals surface area (Å²) in [6.07, 6.45) is 8.72. The van der Waals surface area contributed by atoms with Crippen LogP contribution in [0.5, 0.6) is 0 Å². The van der Waals surface area contributed by atoms with Crippen LogP contribution in [0.15, 0.2) is 85.0 Å². The fourth-order valence-electron chi connectivity index (χ4n) is 6.19. The number of benzene rings is 2. The van der Waals surface area contributed by atoms with Crippen LogP contribution < -0.4 is 17.0 Å². The van der Waals surface area contributed by atoms with E-state index in [1.165, 1.54) is 40.7 Å². The van der Waals surface area contributed by atoms with E-state index >= 15 is 0 Å². The molecule has 7 heteroatoms. The molecule has 2 aliphatic heterocycles. The summed E-state index contributed by atoms with van der Waals surface area (Å²) < 4.78 is 11.5. The van der Waals surface area contributed by atoms with Crippen molar-refractivity contribution in [2.75, 3.05) is 23.9 Å². The predicted octanol–water partition coefficient (Wildman–Crippen LogP) is 7.41. The molecule has 0 saturated heterocycles. The van der Waals surface area contributed by atoms with E-state index < -0.39 is 18.4 Å². The Morgan fingerprint density at radius 2 is 1.09 bits per heavy atom. The molecule has 0 bridgehead atoms. The second-order valence-corrected chi connectivity index (χ2v) is 23.8. The first-order valence-corrected chi connectivity index (χ1v) is 19.9. The molecule has 0 unspecified atom stereocenters. The van der Waals surface area contributed by atoms with Gasteiger partial charge in [-0.2, -0.15) is 0 Å². The van der Waals surface area contributed by atoms with Crippen molar-refractivity contribution in [2.24, 2.45) is 0 Å². The van der Waals surface area contributed by atoms with E-state index in [4.69, 9.17) is 0 Å². The SMILES string of the molecule is CN1C2=[C](CC(Br)=CC2)[Sn]2([C]3=C(CC=C(Br)C3)N(C)c3ccc(Br)c[c]32)[c]2cc(Br)ccc21. The van der Waals surface area contributed by atoms with Crippen LogP contribution in [0.25, 0.3) is 0 Å². The Balaban J connectivity index is 1.81. The summed E-state index contributed by atoms with van der Waals surface area (Å²) in [4.78, 5) is 4.94. The van der Waals surface area contributed by atoms with Gasteiger partial charge in [-0.15, -0.1) is 0 Å². The van der Waals surface area contributed by atoms with Gasteiger partial charge < -0.3 is 0 Å². The first-order valence-electron chi connectivity index (χ1n) is 11.0. The molecule has 2 heterocycles. The molecule has 2 aromatic rings. The monoisotopic (exact) mass is 798 g/mol. The molecule has 2 aliphatic carbocycles. The number of hydrogen-bond donors (Lipinski definition) is 0. The second-order valence-electron chi connectivity index (χ2n) is 9.11. The summed E-state index contributed by atoms with van der Waals surface area (Å²) >= 11 is 11.9. The second kappa shape index (κ2) is 8.39. The maximum atomic E-state index is 3.92. The third-order valence-electron chi connectivity index (χ3n) is 7.58. The fourth-order valence-corrected chi connectivity index (χ4v) is 28.4. The number of halogens is 4. The summed E-state index contributed by atoms with van der Waals surface area (Å²) in [7, 11) is 4.52. The van der Waals surface area contributed by atoms with Gasteiger partial charge in [0.15, 0.2) is 0 Å². The van der Waals surface area contributed by atoms with Gasteiger partial charge >= 0.3 is 235 Å². The average Bonchev–Trinajstić information content (AvgIpc) is 2.79. The number of rotatable bonds is 0. The fraction of sp³-hybridized carbons (Fsp3) is 0.231. The van der Waals surface area contributed by atoms with Crippen LogP contribution in [-0.4, -0.2) is 32.5 Å². The average molecular weight is 801 g/mol. The van der Waals surface area contributed by atoms with Crippen molar-refractivity contribution < 1.29 is 0 Å². The Morgan fingerprint density at radius 1 is 0.667 bits per heavy atom. The molecular formula is C26H22Br4N2Sn. The number of anilines is 2. The van der Waals surface area contributed by atoms with Crippen molar-refractivity contribution in [3.8, 4) is 0 Å². The summed E-state index contributed by atoms with van der Waals surface area (Å²) in [5.41, 5.74) is 5.79. The molecule has 6 rings (SSSR count). The van der Waals surface area contributed by atoms with Gasteiger partial charge in [-0.3, -0.25) is 0 Å². The summed E-state index contributed by atoms with van der Waals surface area (Å²) in [6.45, 7) is 0. The van der Waals surface area contributed by atoms with Crippen LogP contribution in [0.4, 0.5) is 11.4 Å². The Bertz CT molecular complexity index is 1250. The van der Waals surface area contributed by atoms with Crippen molar-refractivity contribution in [2.45, 2.75) is 25.7 Å². The van der Waals surface area contributed by atoms with Crippen LogP contribution in [0, 0.1) is 0 Å². The van der Waals surface area contributed by atoms with E-state index in [1.807, 2.05) is 0 Å². The Kier molecular flexibility index (Phi) is 5.88. The number of nitrogens with zero attached hydrogens (tertiary/aromatic N) is 2. The van der Waals surface area contributed by atoms with Crippen molar-refractivity contribution in [3.05, 3.63) is 85.0 Å². The Morgan fingerprint density at radius 3 is 1.52 bits per heavy atom. The van der Waals surface area contributed by atoms with E-state index in [2.05, 4.69) is 136 Å². The first-order chi connectivity index (χ1) is 15.8. The van der Waals surface area contributed by atoms with Gasteiger partial charge in [-0.1, -0.05) is 0 Å². The molecule has 0 amide bonds. The van der Waals surface area contributed by atoms with Gasteiger partial charge in [0, 0.05) is 0 Å². The zero-order valence-corrected chi connectivity index (χ0v) is 27.6. The van der Waals surface area contributed by atoms with E-state index in [0.717, 1.165) is 25.7 Å². The molecular weight excluding hydrogens is 779 g/mol. The van der Waals surface area contributed by atoms with Crippen LogP contribution in [0.3, 0.4) is 0 Å². The van der Waals surface area contributed by atoms with Crippen LogP contribution >= 0.6 is 63.7 Å². The number of allylic oxidation sites excluding steroid dienone is 6. The van der Waals surface area contributed by atoms with Crippen LogP contribution in [0.2, 0.25) is 0 Å². The van der Waals surface area contributed by atoms with E-state index in [9.17, 15) is 0 Å². The summed E-state index contributed by atoms with van der Waals surface area (Å²) in [6, 6.07) is 14.0. The Labute approximate surface area is 232 Å². The molecule has 0 aromatic heterocycles.